The molecular formula is C12H17BrO2. The van der Waals surface area contributed by atoms with Gasteiger partial charge in [0.15, 0.2) is 5.60 Å². The minimum Gasteiger partial charge on any atom is -0.449 e. The second-order valence-electron chi connectivity index (χ2n) is 4.11. The molecule has 0 spiro atoms. The summed E-state index contributed by atoms with van der Waals surface area (Å²) in [6.45, 7) is 7.44. The Balaban J connectivity index is 2.85. The number of hydrogen-bond acceptors (Lipinski definition) is 2. The maximum atomic E-state index is 11.6. The van der Waals surface area contributed by atoms with Crippen molar-refractivity contribution in [3.05, 3.63) is 23.2 Å². The Hall–Kier alpha value is -0.570. The number of carbonyl (C=O) groups is 1. The molecule has 0 aromatic carbocycles. The van der Waals surface area contributed by atoms with Gasteiger partial charge in [-0.25, -0.2) is 0 Å². The van der Waals surface area contributed by atoms with Crippen LogP contribution in [0.3, 0.4) is 0 Å². The van der Waals surface area contributed by atoms with E-state index in [0.29, 0.717) is 0 Å². The minimum atomic E-state index is -0.625. The Morgan fingerprint density at radius 3 is 2.87 bits per heavy atom. The fraction of sp³-hybridized carbons (Fsp3) is 0.583. The highest BCUT2D eigenvalue weighted by atomic mass is 79.9. The van der Waals surface area contributed by atoms with E-state index in [1.165, 1.54) is 0 Å². The van der Waals surface area contributed by atoms with Gasteiger partial charge in [-0.15, -0.1) is 0 Å². The van der Waals surface area contributed by atoms with Crippen LogP contribution < -0.4 is 0 Å². The minimum absolute atomic E-state index is 0.107. The molecule has 1 aliphatic rings. The Morgan fingerprint density at radius 2 is 2.40 bits per heavy atom. The molecule has 15 heavy (non-hydrogen) atoms. The van der Waals surface area contributed by atoms with Gasteiger partial charge < -0.3 is 4.74 Å². The molecule has 1 rings (SSSR count). The van der Waals surface area contributed by atoms with Crippen molar-refractivity contribution in [3.8, 4) is 0 Å². The van der Waals surface area contributed by atoms with E-state index < -0.39 is 5.60 Å². The first-order valence-electron chi connectivity index (χ1n) is 5.24. The van der Waals surface area contributed by atoms with Gasteiger partial charge >= 0.3 is 5.97 Å². The highest BCUT2D eigenvalue weighted by Gasteiger charge is 2.36. The molecule has 0 aromatic heterocycles. The molecule has 84 valence electrons. The maximum absolute atomic E-state index is 11.6. The van der Waals surface area contributed by atoms with Gasteiger partial charge in [0, 0.05) is 4.48 Å². The van der Waals surface area contributed by atoms with E-state index in [-0.39, 0.29) is 11.9 Å². The Labute approximate surface area is 99.5 Å². The second-order valence-corrected chi connectivity index (χ2v) is 4.97. The van der Waals surface area contributed by atoms with E-state index in [1.807, 2.05) is 13.8 Å². The van der Waals surface area contributed by atoms with Gasteiger partial charge in [-0.3, -0.25) is 4.79 Å². The molecule has 0 saturated heterocycles. The lowest BCUT2D eigenvalue weighted by Gasteiger charge is -2.33. The zero-order valence-corrected chi connectivity index (χ0v) is 10.8. The largest absolute Gasteiger partial charge is 0.449 e. The standard InChI is InChI=1S/C12H17BrO2/c1-4-12(15-11(14)9(2)3)8-6-5-7-10(12)13/h4,7,9H,1,5-6,8H2,2-3H3. The van der Waals surface area contributed by atoms with Crippen molar-refractivity contribution < 1.29 is 9.53 Å². The van der Waals surface area contributed by atoms with Crippen LogP contribution in [0.2, 0.25) is 0 Å². The summed E-state index contributed by atoms with van der Waals surface area (Å²) in [5.41, 5.74) is -0.625. The molecule has 0 fully saturated rings. The van der Waals surface area contributed by atoms with Crippen LogP contribution in [0.4, 0.5) is 0 Å². The molecule has 1 unspecified atom stereocenters. The summed E-state index contributed by atoms with van der Waals surface area (Å²) in [5.74, 6) is -0.286. The average molecular weight is 273 g/mol. The molecule has 1 aliphatic carbocycles. The van der Waals surface area contributed by atoms with Gasteiger partial charge in [-0.1, -0.05) is 42.4 Å². The zero-order chi connectivity index (χ0) is 11.5. The molecule has 1 atom stereocenters. The molecule has 0 aliphatic heterocycles. The van der Waals surface area contributed by atoms with E-state index in [4.69, 9.17) is 4.74 Å². The SMILES string of the molecule is C=CC1(OC(=O)C(C)C)CCCC=C1Br. The highest BCUT2D eigenvalue weighted by molar-refractivity contribution is 9.11. The van der Waals surface area contributed by atoms with Gasteiger partial charge in [-0.05, 0) is 25.3 Å². The smallest absolute Gasteiger partial charge is 0.309 e. The molecule has 0 amide bonds. The number of esters is 1. The van der Waals surface area contributed by atoms with Gasteiger partial charge in [0.05, 0.1) is 5.92 Å². The van der Waals surface area contributed by atoms with Gasteiger partial charge in [0.2, 0.25) is 0 Å². The Bertz CT molecular complexity index is 294. The van der Waals surface area contributed by atoms with Crippen LogP contribution >= 0.6 is 15.9 Å². The van der Waals surface area contributed by atoms with Crippen molar-refractivity contribution in [1.82, 2.24) is 0 Å². The molecule has 3 heteroatoms. The highest BCUT2D eigenvalue weighted by Crippen LogP contribution is 2.37. The number of ether oxygens (including phenoxy) is 1. The van der Waals surface area contributed by atoms with Crippen LogP contribution in [-0.4, -0.2) is 11.6 Å². The lowest BCUT2D eigenvalue weighted by molar-refractivity contribution is -0.156. The van der Waals surface area contributed by atoms with Gasteiger partial charge in [0.1, 0.15) is 0 Å². The number of allylic oxidation sites excluding steroid dienone is 1. The summed E-state index contributed by atoms with van der Waals surface area (Å²) in [6.07, 6.45) is 6.62. The van der Waals surface area contributed by atoms with Crippen molar-refractivity contribution in [2.45, 2.75) is 38.7 Å². The number of rotatable bonds is 3. The monoisotopic (exact) mass is 272 g/mol. The van der Waals surface area contributed by atoms with E-state index >= 15 is 0 Å². The fourth-order valence-corrected chi connectivity index (χ4v) is 2.19. The normalized spacial score (nSPS) is 26.0. The first-order valence-corrected chi connectivity index (χ1v) is 6.04. The van der Waals surface area contributed by atoms with Crippen LogP contribution in [0.15, 0.2) is 23.2 Å². The number of hydrogen-bond donors (Lipinski definition) is 0. The third-order valence-corrected chi connectivity index (χ3v) is 3.56. The van der Waals surface area contributed by atoms with Crippen molar-refractivity contribution >= 4 is 21.9 Å². The quantitative estimate of drug-likeness (QED) is 0.580. The van der Waals surface area contributed by atoms with Crippen molar-refractivity contribution in [2.75, 3.05) is 0 Å². The van der Waals surface area contributed by atoms with Crippen LogP contribution in [0.5, 0.6) is 0 Å². The fourth-order valence-electron chi connectivity index (χ4n) is 1.52. The molecule has 0 N–H and O–H groups in total. The summed E-state index contributed by atoms with van der Waals surface area (Å²) in [4.78, 5) is 11.6. The molecule has 0 aromatic rings. The molecule has 0 radical (unpaired) electrons. The first-order chi connectivity index (χ1) is 7.02. The van der Waals surface area contributed by atoms with Gasteiger partial charge in [-0.2, -0.15) is 0 Å². The maximum Gasteiger partial charge on any atom is 0.309 e. The number of carbonyl (C=O) groups excluding carboxylic acids is 1. The van der Waals surface area contributed by atoms with Crippen molar-refractivity contribution in [1.29, 1.82) is 0 Å². The molecular weight excluding hydrogens is 256 g/mol. The lowest BCUT2D eigenvalue weighted by atomic mass is 9.90. The van der Waals surface area contributed by atoms with E-state index in [1.54, 1.807) is 6.08 Å². The molecule has 2 nitrogen and oxygen atoms in total. The van der Waals surface area contributed by atoms with Crippen LogP contribution in [0, 0.1) is 5.92 Å². The first kappa shape index (κ1) is 12.5. The summed E-state index contributed by atoms with van der Waals surface area (Å²) in [5, 5.41) is 0. The topological polar surface area (TPSA) is 26.3 Å². The Morgan fingerprint density at radius 1 is 1.73 bits per heavy atom. The third kappa shape index (κ3) is 2.71. The number of halogens is 1. The molecule has 0 heterocycles. The average Bonchev–Trinajstić information content (AvgIpc) is 2.21. The summed E-state index contributed by atoms with van der Waals surface area (Å²) in [6, 6.07) is 0. The van der Waals surface area contributed by atoms with E-state index in [2.05, 4.69) is 28.6 Å². The third-order valence-electron chi connectivity index (χ3n) is 2.56. The summed E-state index contributed by atoms with van der Waals surface area (Å²) < 4.78 is 6.45. The van der Waals surface area contributed by atoms with E-state index in [9.17, 15) is 4.79 Å². The van der Waals surface area contributed by atoms with Crippen LogP contribution in [0.25, 0.3) is 0 Å². The predicted octanol–water partition coefficient (Wildman–Crippen LogP) is 3.57. The van der Waals surface area contributed by atoms with Crippen LogP contribution in [0.1, 0.15) is 33.1 Å². The molecule has 0 bridgehead atoms. The molecule has 0 saturated carbocycles. The van der Waals surface area contributed by atoms with Crippen molar-refractivity contribution in [2.24, 2.45) is 5.92 Å². The van der Waals surface area contributed by atoms with Crippen molar-refractivity contribution in [3.63, 3.8) is 0 Å². The lowest BCUT2D eigenvalue weighted by Crippen LogP contribution is -2.36. The van der Waals surface area contributed by atoms with E-state index in [0.717, 1.165) is 23.7 Å². The second kappa shape index (κ2) is 4.97. The Kier molecular flexibility index (Phi) is 4.14. The predicted molar refractivity (Wildman–Crippen MR) is 64.7 cm³/mol. The zero-order valence-electron chi connectivity index (χ0n) is 9.25. The van der Waals surface area contributed by atoms with Crippen LogP contribution in [-0.2, 0) is 9.53 Å². The summed E-state index contributed by atoms with van der Waals surface area (Å²) >= 11 is 3.46. The summed E-state index contributed by atoms with van der Waals surface area (Å²) in [7, 11) is 0. The van der Waals surface area contributed by atoms with Gasteiger partial charge in [0.25, 0.3) is 0 Å².